The first kappa shape index (κ1) is 27.0. The third-order valence-corrected chi connectivity index (χ3v) is 6.65. The van der Waals surface area contributed by atoms with Crippen LogP contribution in [-0.4, -0.2) is 54.4 Å². The molecule has 0 fully saturated rings. The van der Waals surface area contributed by atoms with Gasteiger partial charge in [0.25, 0.3) is 5.91 Å². The average molecular weight is 541 g/mol. The van der Waals surface area contributed by atoms with Crippen LogP contribution in [0.5, 0.6) is 0 Å². The van der Waals surface area contributed by atoms with E-state index in [-0.39, 0.29) is 35.1 Å². The number of hydrogen-bond donors (Lipinski definition) is 5. The lowest BCUT2D eigenvalue weighted by atomic mass is 9.88. The zero-order valence-corrected chi connectivity index (χ0v) is 21.8. The molecule has 11 nitrogen and oxygen atoms in total. The number of aliphatic hydroxyl groups excluding tert-OH is 2. The Kier molecular flexibility index (Phi) is 8.78. The molecule has 1 amide bonds. The number of carbonyl (C=O) groups is 1. The molecule has 0 radical (unpaired) electrons. The largest absolute Gasteiger partial charge is 0.395 e. The molecular formula is C21H26Cl2N8O3S. The molecule has 0 aliphatic rings. The van der Waals surface area contributed by atoms with Crippen molar-refractivity contribution in [1.29, 1.82) is 0 Å². The zero-order valence-electron chi connectivity index (χ0n) is 19.5. The first-order valence-electron chi connectivity index (χ1n) is 10.6. The van der Waals surface area contributed by atoms with Crippen LogP contribution in [-0.2, 0) is 5.41 Å². The van der Waals surface area contributed by atoms with Gasteiger partial charge in [-0.1, -0.05) is 44.0 Å². The van der Waals surface area contributed by atoms with Crippen LogP contribution in [0, 0.1) is 0 Å². The molecule has 3 aromatic rings. The molecular weight excluding hydrogens is 515 g/mol. The first-order valence-corrected chi connectivity index (χ1v) is 12.2. The average Bonchev–Trinajstić information content (AvgIpc) is 3.29. The molecule has 188 valence electrons. The van der Waals surface area contributed by atoms with Gasteiger partial charge in [-0.2, -0.15) is 0 Å². The van der Waals surface area contributed by atoms with Crippen molar-refractivity contribution in [3.05, 3.63) is 49.9 Å². The van der Waals surface area contributed by atoms with E-state index in [0.29, 0.717) is 20.9 Å². The van der Waals surface area contributed by atoms with Gasteiger partial charge in [0.2, 0.25) is 0 Å². The van der Waals surface area contributed by atoms with Crippen molar-refractivity contribution in [2.24, 2.45) is 0 Å². The number of amides is 1. The van der Waals surface area contributed by atoms with Gasteiger partial charge in [-0.05, 0) is 18.4 Å². The minimum Gasteiger partial charge on any atom is -0.395 e. The predicted molar refractivity (Wildman–Crippen MR) is 135 cm³/mol. The maximum absolute atomic E-state index is 12.7. The summed E-state index contributed by atoms with van der Waals surface area (Å²) < 4.78 is 0. The second-order valence-electron chi connectivity index (χ2n) is 8.56. The highest BCUT2D eigenvalue weighted by Gasteiger charge is 2.23. The molecule has 0 saturated heterocycles. The fourth-order valence-corrected chi connectivity index (χ4v) is 4.45. The Bertz CT molecular complexity index is 1190. The van der Waals surface area contributed by atoms with Gasteiger partial charge >= 0.3 is 0 Å². The zero-order chi connectivity index (χ0) is 25.8. The Morgan fingerprint density at radius 3 is 2.63 bits per heavy atom. The molecule has 2 unspecified atom stereocenters. The molecule has 3 heterocycles. The van der Waals surface area contributed by atoms with Crippen LogP contribution in [0.2, 0.25) is 10.2 Å². The van der Waals surface area contributed by atoms with Gasteiger partial charge in [0.15, 0.2) is 22.9 Å². The van der Waals surface area contributed by atoms with Gasteiger partial charge < -0.3 is 26.2 Å². The monoisotopic (exact) mass is 540 g/mol. The number of nitrogens with one attached hydrogen (secondary N) is 3. The number of carbonyl (C=O) groups excluding carboxylic acids is 1. The second-order valence-corrected chi connectivity index (χ2v) is 10.4. The third-order valence-electron chi connectivity index (χ3n) is 4.78. The van der Waals surface area contributed by atoms with E-state index >= 15 is 0 Å². The van der Waals surface area contributed by atoms with E-state index in [1.54, 1.807) is 13.0 Å². The smallest absolute Gasteiger partial charge is 0.272 e. The van der Waals surface area contributed by atoms with Crippen LogP contribution in [0.25, 0.3) is 0 Å². The van der Waals surface area contributed by atoms with Crippen LogP contribution in [0.4, 0.5) is 11.6 Å². The van der Waals surface area contributed by atoms with E-state index in [9.17, 15) is 9.90 Å². The summed E-state index contributed by atoms with van der Waals surface area (Å²) in [6, 6.07) is 1.26. The van der Waals surface area contributed by atoms with Crippen molar-refractivity contribution in [3.8, 4) is 0 Å². The van der Waals surface area contributed by atoms with E-state index < -0.39 is 18.2 Å². The van der Waals surface area contributed by atoms with Crippen molar-refractivity contribution < 1.29 is 15.0 Å². The molecule has 0 aromatic carbocycles. The summed E-state index contributed by atoms with van der Waals surface area (Å²) in [5.74, 6) is 0.102. The molecule has 5 N–H and O–H groups in total. The Balaban J connectivity index is 1.68. The van der Waals surface area contributed by atoms with E-state index in [1.807, 2.05) is 20.8 Å². The Labute approximate surface area is 216 Å². The predicted octanol–water partition coefficient (Wildman–Crippen LogP) is 3.33. The van der Waals surface area contributed by atoms with E-state index in [1.165, 1.54) is 23.9 Å². The van der Waals surface area contributed by atoms with Gasteiger partial charge in [-0.3, -0.25) is 4.79 Å². The molecule has 3 rings (SSSR count). The van der Waals surface area contributed by atoms with Crippen LogP contribution in [0.15, 0.2) is 18.6 Å². The molecule has 0 bridgehead atoms. The van der Waals surface area contributed by atoms with Gasteiger partial charge in [0.05, 0.1) is 17.5 Å². The van der Waals surface area contributed by atoms with Crippen molar-refractivity contribution in [2.75, 3.05) is 23.8 Å². The number of aliphatic hydroxyl groups is 2. The van der Waals surface area contributed by atoms with Gasteiger partial charge in [0, 0.05) is 18.3 Å². The number of rotatable bonds is 9. The lowest BCUT2D eigenvalue weighted by molar-refractivity contribution is 0.0935. The fourth-order valence-electron chi connectivity index (χ4n) is 2.96. The summed E-state index contributed by atoms with van der Waals surface area (Å²) in [5.41, 5.74) is 0.536. The maximum Gasteiger partial charge on any atom is 0.272 e. The highest BCUT2D eigenvalue weighted by Crippen LogP contribution is 2.31. The van der Waals surface area contributed by atoms with Crippen LogP contribution in [0.3, 0.4) is 0 Å². The molecule has 0 saturated carbocycles. The Morgan fingerprint density at radius 2 is 1.94 bits per heavy atom. The van der Waals surface area contributed by atoms with Crippen molar-refractivity contribution in [2.45, 2.75) is 45.4 Å². The lowest BCUT2D eigenvalue weighted by Crippen LogP contribution is -2.28. The second kappa shape index (κ2) is 11.4. The van der Waals surface area contributed by atoms with E-state index in [2.05, 4.69) is 41.1 Å². The highest BCUT2D eigenvalue weighted by atomic mass is 35.5. The van der Waals surface area contributed by atoms with Gasteiger partial charge in [-0.25, -0.2) is 15.0 Å². The third kappa shape index (κ3) is 6.73. The summed E-state index contributed by atoms with van der Waals surface area (Å²) in [6.45, 7) is 7.87. The summed E-state index contributed by atoms with van der Waals surface area (Å²) in [7, 11) is 0. The molecule has 2 atom stereocenters. The van der Waals surface area contributed by atoms with Crippen LogP contribution in [0.1, 0.15) is 65.9 Å². The number of thiazole rings is 1. The summed E-state index contributed by atoms with van der Waals surface area (Å²) in [4.78, 5) is 25.5. The summed E-state index contributed by atoms with van der Waals surface area (Å²) in [5, 5.41) is 37.0. The van der Waals surface area contributed by atoms with Crippen LogP contribution >= 0.6 is 34.5 Å². The van der Waals surface area contributed by atoms with Gasteiger partial charge in [0.1, 0.15) is 22.2 Å². The highest BCUT2D eigenvalue weighted by molar-refractivity contribution is 7.11. The molecule has 0 aliphatic heterocycles. The van der Waals surface area contributed by atoms with Crippen molar-refractivity contribution in [1.82, 2.24) is 30.5 Å². The Morgan fingerprint density at radius 1 is 1.20 bits per heavy atom. The van der Waals surface area contributed by atoms with Crippen molar-refractivity contribution >= 4 is 52.1 Å². The molecule has 0 aliphatic carbocycles. The molecule has 0 spiro atoms. The molecule has 14 heteroatoms. The van der Waals surface area contributed by atoms with Crippen LogP contribution < -0.4 is 16.0 Å². The first-order chi connectivity index (χ1) is 16.5. The number of aromatic nitrogens is 5. The summed E-state index contributed by atoms with van der Waals surface area (Å²) >= 11 is 13.6. The number of anilines is 2. The van der Waals surface area contributed by atoms with E-state index in [0.717, 1.165) is 5.56 Å². The number of hydrogen-bond acceptors (Lipinski definition) is 11. The van der Waals surface area contributed by atoms with Gasteiger partial charge in [-0.15, -0.1) is 21.5 Å². The lowest BCUT2D eigenvalue weighted by Gasteiger charge is -2.21. The number of halogens is 2. The normalized spacial score (nSPS) is 13.3. The number of nitrogens with zero attached hydrogens (tertiary/aromatic N) is 5. The summed E-state index contributed by atoms with van der Waals surface area (Å²) in [6.07, 6.45) is 1.63. The Hall–Kier alpha value is -2.64. The quantitative estimate of drug-likeness (QED) is 0.255. The standard InChI is InChI=1S/C21H26Cl2N8O3S/c1-10(28-19(34)15-14(22)17(24-5-6-32)27-9-26-15)20-25-8-12(35-20)18(33)29-13-7-11(21(2,3)4)16(23)31-30-13/h7-10,18,32-33H,5-6H2,1-4H3,(H,28,34)(H,29,30)(H,24,26,27). The van der Waals surface area contributed by atoms with E-state index in [4.69, 9.17) is 28.3 Å². The molecule has 3 aromatic heterocycles. The molecule has 35 heavy (non-hydrogen) atoms. The topological polar surface area (TPSA) is 158 Å². The minimum absolute atomic E-state index is 0.0107. The van der Waals surface area contributed by atoms with Crippen molar-refractivity contribution in [3.63, 3.8) is 0 Å². The minimum atomic E-state index is -1.09. The SMILES string of the molecule is CC(NC(=O)c1ncnc(NCCO)c1Cl)c1ncc(C(O)Nc2cc(C(C)(C)C)c(Cl)nn2)s1. The maximum atomic E-state index is 12.7. The fraction of sp³-hybridized carbons (Fsp3) is 0.429.